The van der Waals surface area contributed by atoms with Crippen molar-refractivity contribution in [2.24, 2.45) is 11.3 Å². The first-order valence-electron chi connectivity index (χ1n) is 6.48. The van der Waals surface area contributed by atoms with Crippen LogP contribution in [0.2, 0.25) is 0 Å². The number of rotatable bonds is 3. The molecule has 1 N–H and O–H groups in total. The van der Waals surface area contributed by atoms with Crippen molar-refractivity contribution in [3.8, 4) is 0 Å². The van der Waals surface area contributed by atoms with Gasteiger partial charge >= 0.3 is 6.09 Å². The molecule has 2 amide bonds. The van der Waals surface area contributed by atoms with E-state index in [-0.39, 0.29) is 24.5 Å². The highest BCUT2D eigenvalue weighted by atomic mass is 16.6. The zero-order valence-electron chi connectivity index (χ0n) is 11.6. The minimum absolute atomic E-state index is 0.0275. The Bertz CT molecular complexity index is 415. The fraction of sp³-hybridized carbons (Fsp3) is 0.769. The Balaban J connectivity index is 1.92. The Hall–Kier alpha value is -1.59. The van der Waals surface area contributed by atoms with E-state index < -0.39 is 11.0 Å². The van der Waals surface area contributed by atoms with Crippen LogP contribution in [-0.4, -0.2) is 48.4 Å². The lowest BCUT2D eigenvalue weighted by Gasteiger charge is -2.26. The summed E-state index contributed by atoms with van der Waals surface area (Å²) < 4.78 is 5.30. The van der Waals surface area contributed by atoms with Gasteiger partial charge in [-0.05, 0) is 33.1 Å². The first-order valence-corrected chi connectivity index (χ1v) is 6.48. The molecule has 0 aromatic carbocycles. The van der Waals surface area contributed by atoms with Crippen LogP contribution in [0.3, 0.4) is 0 Å². The highest BCUT2D eigenvalue weighted by Crippen LogP contribution is 2.58. The molecule has 0 spiro atoms. The zero-order chi connectivity index (χ0) is 14.3. The quantitative estimate of drug-likeness (QED) is 0.759. The number of nitrogens with zero attached hydrogens (tertiary/aromatic N) is 1. The number of ether oxygens (including phenoxy) is 1. The summed E-state index contributed by atoms with van der Waals surface area (Å²) in [5, 5.41) is 2.58. The van der Waals surface area contributed by atoms with Gasteiger partial charge in [-0.1, -0.05) is 0 Å². The molecule has 6 heteroatoms. The van der Waals surface area contributed by atoms with Gasteiger partial charge in [-0.3, -0.25) is 4.79 Å². The summed E-state index contributed by atoms with van der Waals surface area (Å²) in [7, 11) is 0. The fourth-order valence-corrected chi connectivity index (χ4v) is 2.61. The second kappa shape index (κ2) is 4.51. The van der Waals surface area contributed by atoms with E-state index in [4.69, 9.17) is 4.74 Å². The van der Waals surface area contributed by atoms with Gasteiger partial charge in [0.1, 0.15) is 11.9 Å². The highest BCUT2D eigenvalue weighted by molar-refractivity contribution is 5.89. The van der Waals surface area contributed by atoms with Crippen LogP contribution in [0.1, 0.15) is 27.2 Å². The van der Waals surface area contributed by atoms with Gasteiger partial charge < -0.3 is 19.7 Å². The van der Waals surface area contributed by atoms with Crippen LogP contribution in [0.25, 0.3) is 0 Å². The van der Waals surface area contributed by atoms with E-state index in [0.717, 1.165) is 6.42 Å². The third-order valence-corrected chi connectivity index (χ3v) is 3.60. The average molecular weight is 268 g/mol. The monoisotopic (exact) mass is 268 g/mol. The number of amides is 2. The molecule has 106 valence electrons. The van der Waals surface area contributed by atoms with Gasteiger partial charge in [0.2, 0.25) is 5.91 Å². The second-order valence-electron chi connectivity index (χ2n) is 6.29. The Labute approximate surface area is 112 Å². The molecule has 1 saturated heterocycles. The van der Waals surface area contributed by atoms with Crippen molar-refractivity contribution >= 4 is 18.3 Å². The molecule has 2 fully saturated rings. The van der Waals surface area contributed by atoms with Gasteiger partial charge in [-0.25, -0.2) is 4.79 Å². The third kappa shape index (κ3) is 2.72. The van der Waals surface area contributed by atoms with E-state index in [0.29, 0.717) is 19.4 Å². The Kier molecular flexibility index (Phi) is 3.28. The summed E-state index contributed by atoms with van der Waals surface area (Å²) in [5.74, 6) is 0.0716. The number of carbonyl (C=O) groups is 3. The van der Waals surface area contributed by atoms with E-state index in [1.165, 1.54) is 0 Å². The van der Waals surface area contributed by atoms with Crippen molar-refractivity contribution in [3.63, 3.8) is 0 Å². The number of aldehydes is 1. The molecule has 1 aliphatic carbocycles. The maximum atomic E-state index is 12.0. The van der Waals surface area contributed by atoms with Gasteiger partial charge in [0, 0.05) is 13.1 Å². The minimum Gasteiger partial charge on any atom is -0.444 e. The van der Waals surface area contributed by atoms with E-state index in [2.05, 4.69) is 5.32 Å². The molecule has 6 nitrogen and oxygen atoms in total. The highest BCUT2D eigenvalue weighted by Gasteiger charge is 2.65. The van der Waals surface area contributed by atoms with Gasteiger partial charge in [0.25, 0.3) is 0 Å². The summed E-state index contributed by atoms with van der Waals surface area (Å²) in [4.78, 5) is 35.7. The first kappa shape index (κ1) is 13.8. The zero-order valence-corrected chi connectivity index (χ0v) is 11.6. The van der Waals surface area contributed by atoms with Crippen LogP contribution in [0.5, 0.6) is 0 Å². The minimum atomic E-state index is -0.531. The Morgan fingerprint density at radius 1 is 1.47 bits per heavy atom. The lowest BCUT2D eigenvalue weighted by Crippen LogP contribution is -2.41. The molecule has 2 rings (SSSR count). The van der Waals surface area contributed by atoms with E-state index in [1.54, 1.807) is 4.90 Å². The number of likely N-dealkylation sites (tertiary alicyclic amines) is 1. The van der Waals surface area contributed by atoms with E-state index >= 15 is 0 Å². The molecule has 1 saturated carbocycles. The molecule has 1 aliphatic heterocycles. The van der Waals surface area contributed by atoms with Crippen molar-refractivity contribution in [1.82, 2.24) is 10.2 Å². The molecule has 0 bridgehead atoms. The van der Waals surface area contributed by atoms with Crippen LogP contribution < -0.4 is 5.32 Å². The molecule has 2 atom stereocenters. The lowest BCUT2D eigenvalue weighted by molar-refractivity contribution is -0.127. The molecule has 2 aliphatic rings. The molecular formula is C13H20N2O4. The molecule has 0 radical (unpaired) electrons. The average Bonchev–Trinajstić information content (AvgIpc) is 2.87. The molecule has 2 unspecified atom stereocenters. The standard InChI is InChI=1S/C13H20N2O4/c1-12(2,3)19-11(18)15-7-9-6-13(9,8-15)10(17)14-4-5-16/h5,9H,4,6-8H2,1-3H3,(H,14,17). The molecule has 19 heavy (non-hydrogen) atoms. The van der Waals surface area contributed by atoms with Gasteiger partial charge in [0.05, 0.1) is 12.0 Å². The second-order valence-corrected chi connectivity index (χ2v) is 6.29. The van der Waals surface area contributed by atoms with Crippen molar-refractivity contribution < 1.29 is 19.1 Å². The fourth-order valence-electron chi connectivity index (χ4n) is 2.61. The predicted octanol–water partition coefficient (Wildman–Crippen LogP) is 0.558. The molecule has 0 aromatic rings. The van der Waals surface area contributed by atoms with Crippen LogP contribution in [0, 0.1) is 11.3 Å². The molecule has 1 heterocycles. The maximum absolute atomic E-state index is 12.0. The number of piperidine rings is 1. The lowest BCUT2D eigenvalue weighted by atomic mass is 10.1. The van der Waals surface area contributed by atoms with Crippen LogP contribution in [0.15, 0.2) is 0 Å². The number of nitrogens with one attached hydrogen (secondary N) is 1. The summed E-state index contributed by atoms with van der Waals surface area (Å²) in [5.41, 5.74) is -1.02. The third-order valence-electron chi connectivity index (χ3n) is 3.60. The predicted molar refractivity (Wildman–Crippen MR) is 67.4 cm³/mol. The largest absolute Gasteiger partial charge is 0.444 e. The Morgan fingerprint density at radius 3 is 2.74 bits per heavy atom. The van der Waals surface area contributed by atoms with Crippen molar-refractivity contribution in [1.29, 1.82) is 0 Å². The number of carbonyl (C=O) groups excluding carboxylic acids is 3. The van der Waals surface area contributed by atoms with Crippen molar-refractivity contribution in [2.75, 3.05) is 19.6 Å². The van der Waals surface area contributed by atoms with E-state index in [9.17, 15) is 14.4 Å². The van der Waals surface area contributed by atoms with Crippen molar-refractivity contribution in [3.05, 3.63) is 0 Å². The Morgan fingerprint density at radius 2 is 2.16 bits per heavy atom. The first-order chi connectivity index (χ1) is 8.78. The van der Waals surface area contributed by atoms with Gasteiger partial charge in [-0.2, -0.15) is 0 Å². The van der Waals surface area contributed by atoms with Crippen LogP contribution in [0.4, 0.5) is 4.79 Å². The van der Waals surface area contributed by atoms with Gasteiger partial charge in [0.15, 0.2) is 0 Å². The van der Waals surface area contributed by atoms with E-state index in [1.807, 2.05) is 20.8 Å². The number of hydrogen-bond acceptors (Lipinski definition) is 4. The summed E-state index contributed by atoms with van der Waals surface area (Å²) >= 11 is 0. The molecule has 0 aromatic heterocycles. The van der Waals surface area contributed by atoms with Gasteiger partial charge in [-0.15, -0.1) is 0 Å². The van der Waals surface area contributed by atoms with Crippen LogP contribution in [-0.2, 0) is 14.3 Å². The van der Waals surface area contributed by atoms with Crippen LogP contribution >= 0.6 is 0 Å². The normalized spacial score (nSPS) is 28.6. The number of hydrogen-bond donors (Lipinski definition) is 1. The number of fused-ring (bicyclic) bond motifs is 1. The topological polar surface area (TPSA) is 75.7 Å². The maximum Gasteiger partial charge on any atom is 0.410 e. The summed E-state index contributed by atoms with van der Waals surface area (Å²) in [6, 6.07) is 0. The van der Waals surface area contributed by atoms with Crippen molar-refractivity contribution in [2.45, 2.75) is 32.8 Å². The SMILES string of the molecule is CC(C)(C)OC(=O)N1CC2CC2(C(=O)NCC=O)C1. The molecular weight excluding hydrogens is 248 g/mol. The summed E-state index contributed by atoms with van der Waals surface area (Å²) in [6.07, 6.45) is 1.08. The summed E-state index contributed by atoms with van der Waals surface area (Å²) in [6.45, 7) is 6.41. The smallest absolute Gasteiger partial charge is 0.410 e.